The molecule has 0 aromatic heterocycles. The molecular weight excluding hydrogens is 469 g/mol. The standard InChI is InChI=1S/C26H32FN3O6/c1-4-14-34-18-23(25(32)35-15-13-28-2)30(3)26(33)36-17-20-7-11-22(12-8-20)29-24(31)16-19-5-9-21(27)10-6-19/h5-13,23H,4,14-18H2,1-3H3,(H,29,31)/t23-/m0/s1. The highest BCUT2D eigenvalue weighted by Gasteiger charge is 2.29. The maximum absolute atomic E-state index is 13.0. The van der Waals surface area contributed by atoms with Crippen molar-refractivity contribution in [2.75, 3.05) is 39.2 Å². The van der Waals surface area contributed by atoms with Crippen LogP contribution in [0.2, 0.25) is 0 Å². The minimum atomic E-state index is -0.965. The quantitative estimate of drug-likeness (QED) is 0.255. The average Bonchev–Trinajstić information content (AvgIpc) is 2.87. The van der Waals surface area contributed by atoms with E-state index in [2.05, 4.69) is 10.3 Å². The monoisotopic (exact) mass is 501 g/mol. The van der Waals surface area contributed by atoms with Gasteiger partial charge in [0.15, 0.2) is 6.04 Å². The summed E-state index contributed by atoms with van der Waals surface area (Å²) < 4.78 is 28.9. The number of aliphatic imine (C=N–C) groups is 1. The van der Waals surface area contributed by atoms with Crippen LogP contribution >= 0.6 is 0 Å². The summed E-state index contributed by atoms with van der Waals surface area (Å²) in [6, 6.07) is 11.6. The molecule has 0 aliphatic carbocycles. The predicted octanol–water partition coefficient (Wildman–Crippen LogP) is 3.61. The van der Waals surface area contributed by atoms with Crippen molar-refractivity contribution in [2.24, 2.45) is 4.99 Å². The summed E-state index contributed by atoms with van der Waals surface area (Å²) >= 11 is 0. The molecule has 2 aromatic rings. The molecule has 10 heteroatoms. The highest BCUT2D eigenvalue weighted by Crippen LogP contribution is 2.13. The van der Waals surface area contributed by atoms with E-state index < -0.39 is 18.1 Å². The minimum Gasteiger partial charge on any atom is -0.458 e. The number of likely N-dealkylation sites (N-methyl/N-ethyl adjacent to an activating group) is 1. The van der Waals surface area contributed by atoms with Crippen molar-refractivity contribution in [1.82, 2.24) is 4.90 Å². The van der Waals surface area contributed by atoms with Crippen molar-refractivity contribution < 1.29 is 33.0 Å². The molecule has 0 bridgehead atoms. The molecule has 0 aliphatic heterocycles. The van der Waals surface area contributed by atoms with Crippen LogP contribution in [-0.2, 0) is 36.8 Å². The van der Waals surface area contributed by atoms with E-state index in [9.17, 15) is 18.8 Å². The fourth-order valence-corrected chi connectivity index (χ4v) is 3.02. The molecule has 194 valence electrons. The summed E-state index contributed by atoms with van der Waals surface area (Å²) in [7, 11) is 3.00. The first kappa shape index (κ1) is 28.4. The van der Waals surface area contributed by atoms with E-state index in [0.29, 0.717) is 23.4 Å². The molecule has 0 fully saturated rings. The molecule has 1 N–H and O–H groups in total. The lowest BCUT2D eigenvalue weighted by Crippen LogP contribution is -2.46. The number of benzene rings is 2. The van der Waals surface area contributed by atoms with Gasteiger partial charge in [0.25, 0.3) is 0 Å². The minimum absolute atomic E-state index is 0.00468. The third-order valence-electron chi connectivity index (χ3n) is 5.01. The Hall–Kier alpha value is -3.79. The first-order chi connectivity index (χ1) is 17.3. The molecule has 0 radical (unpaired) electrons. The number of rotatable bonds is 13. The van der Waals surface area contributed by atoms with E-state index in [1.165, 1.54) is 25.4 Å². The third-order valence-corrected chi connectivity index (χ3v) is 5.01. The number of amides is 2. The van der Waals surface area contributed by atoms with Crippen molar-refractivity contribution in [3.8, 4) is 0 Å². The lowest BCUT2D eigenvalue weighted by atomic mass is 10.1. The highest BCUT2D eigenvalue weighted by atomic mass is 19.1. The van der Waals surface area contributed by atoms with Crippen LogP contribution < -0.4 is 5.32 Å². The van der Waals surface area contributed by atoms with Crippen molar-refractivity contribution in [3.05, 3.63) is 65.5 Å². The topological polar surface area (TPSA) is 107 Å². The van der Waals surface area contributed by atoms with Crippen molar-refractivity contribution in [3.63, 3.8) is 0 Å². The van der Waals surface area contributed by atoms with Crippen LogP contribution in [0, 0.1) is 5.82 Å². The van der Waals surface area contributed by atoms with Gasteiger partial charge in [0.1, 0.15) is 19.0 Å². The molecule has 0 heterocycles. The molecule has 9 nitrogen and oxygen atoms in total. The zero-order valence-corrected chi connectivity index (χ0v) is 20.7. The van der Waals surface area contributed by atoms with E-state index in [-0.39, 0.29) is 38.0 Å². The van der Waals surface area contributed by atoms with Crippen molar-refractivity contribution >= 4 is 29.9 Å². The fraction of sp³-hybridized carbons (Fsp3) is 0.385. The van der Waals surface area contributed by atoms with Crippen LogP contribution in [0.3, 0.4) is 0 Å². The Balaban J connectivity index is 1.87. The third kappa shape index (κ3) is 9.83. The van der Waals surface area contributed by atoms with Crippen molar-refractivity contribution in [2.45, 2.75) is 32.4 Å². The molecule has 0 saturated carbocycles. The summed E-state index contributed by atoms with van der Waals surface area (Å²) in [4.78, 5) is 42.1. The van der Waals surface area contributed by atoms with Gasteiger partial charge < -0.3 is 19.5 Å². The van der Waals surface area contributed by atoms with Gasteiger partial charge in [-0.05, 0) is 41.8 Å². The van der Waals surface area contributed by atoms with E-state index in [0.717, 1.165) is 11.3 Å². The van der Waals surface area contributed by atoms with Crippen LogP contribution in [0.25, 0.3) is 0 Å². The number of nitrogens with one attached hydrogen (secondary N) is 1. The lowest BCUT2D eigenvalue weighted by Gasteiger charge is -2.25. The number of hydrogen-bond donors (Lipinski definition) is 1. The van der Waals surface area contributed by atoms with Gasteiger partial charge in [-0.15, -0.1) is 0 Å². The van der Waals surface area contributed by atoms with Crippen LogP contribution in [0.5, 0.6) is 0 Å². The molecule has 0 unspecified atom stereocenters. The van der Waals surface area contributed by atoms with E-state index in [1.807, 2.05) is 6.92 Å². The Morgan fingerprint density at radius 2 is 1.72 bits per heavy atom. The zero-order chi connectivity index (χ0) is 26.3. The van der Waals surface area contributed by atoms with Gasteiger partial charge in [-0.1, -0.05) is 31.2 Å². The van der Waals surface area contributed by atoms with Gasteiger partial charge in [0, 0.05) is 32.6 Å². The summed E-state index contributed by atoms with van der Waals surface area (Å²) in [5.41, 5.74) is 1.96. The molecule has 2 rings (SSSR count). The first-order valence-corrected chi connectivity index (χ1v) is 11.5. The Kier molecular flexibility index (Phi) is 12.1. The smallest absolute Gasteiger partial charge is 0.410 e. The van der Waals surface area contributed by atoms with Crippen LogP contribution in [0.4, 0.5) is 14.9 Å². The van der Waals surface area contributed by atoms with Gasteiger partial charge in [0.05, 0.1) is 13.0 Å². The molecule has 0 saturated heterocycles. The molecule has 2 amide bonds. The molecule has 0 aliphatic rings. The van der Waals surface area contributed by atoms with Gasteiger partial charge in [-0.25, -0.2) is 14.0 Å². The van der Waals surface area contributed by atoms with Gasteiger partial charge in [0.2, 0.25) is 5.91 Å². The van der Waals surface area contributed by atoms with E-state index in [1.54, 1.807) is 43.4 Å². The summed E-state index contributed by atoms with van der Waals surface area (Å²) in [5, 5.41) is 2.76. The SMILES string of the molecule is CCCOC[C@@H](C(=O)OCC=NC)N(C)C(=O)OCc1ccc(NC(=O)Cc2ccc(F)cc2)cc1. The molecule has 2 aromatic carbocycles. The largest absolute Gasteiger partial charge is 0.458 e. The zero-order valence-electron chi connectivity index (χ0n) is 20.7. The summed E-state index contributed by atoms with van der Waals surface area (Å²) in [6.07, 6.45) is 1.61. The summed E-state index contributed by atoms with van der Waals surface area (Å²) in [5.74, 6) is -1.22. The normalized spacial score (nSPS) is 11.7. The van der Waals surface area contributed by atoms with Crippen LogP contribution in [0.15, 0.2) is 53.5 Å². The summed E-state index contributed by atoms with van der Waals surface area (Å²) in [6.45, 7) is 2.32. The second-order valence-corrected chi connectivity index (χ2v) is 7.88. The van der Waals surface area contributed by atoms with Crippen molar-refractivity contribution in [1.29, 1.82) is 0 Å². The number of hydrogen-bond acceptors (Lipinski definition) is 7. The maximum atomic E-state index is 13.0. The van der Waals surface area contributed by atoms with Gasteiger partial charge in [-0.2, -0.15) is 0 Å². The van der Waals surface area contributed by atoms with Crippen LogP contribution in [0.1, 0.15) is 24.5 Å². The van der Waals surface area contributed by atoms with E-state index >= 15 is 0 Å². The lowest BCUT2D eigenvalue weighted by molar-refractivity contribution is -0.149. The number of esters is 1. The first-order valence-electron chi connectivity index (χ1n) is 11.5. The second-order valence-electron chi connectivity index (χ2n) is 7.88. The number of nitrogens with zero attached hydrogens (tertiary/aromatic N) is 2. The van der Waals surface area contributed by atoms with Gasteiger partial charge in [-0.3, -0.25) is 14.7 Å². The number of carbonyl (C=O) groups excluding carboxylic acids is 3. The number of anilines is 1. The second kappa shape index (κ2) is 15.3. The average molecular weight is 502 g/mol. The Morgan fingerprint density at radius 1 is 1.06 bits per heavy atom. The van der Waals surface area contributed by atoms with Gasteiger partial charge >= 0.3 is 12.1 Å². The predicted molar refractivity (Wildman–Crippen MR) is 133 cm³/mol. The number of ether oxygens (including phenoxy) is 3. The Morgan fingerprint density at radius 3 is 2.36 bits per heavy atom. The molecule has 1 atom stereocenters. The molecule has 0 spiro atoms. The molecule has 36 heavy (non-hydrogen) atoms. The maximum Gasteiger partial charge on any atom is 0.410 e. The van der Waals surface area contributed by atoms with Crippen LogP contribution in [-0.4, -0.2) is 69.0 Å². The molecular formula is C26H32FN3O6. The Labute approximate surface area is 210 Å². The Bertz CT molecular complexity index is 1010. The fourth-order valence-electron chi connectivity index (χ4n) is 3.02. The number of halogens is 1. The highest BCUT2D eigenvalue weighted by molar-refractivity contribution is 5.92. The number of carbonyl (C=O) groups is 3. The van der Waals surface area contributed by atoms with E-state index in [4.69, 9.17) is 14.2 Å².